The summed E-state index contributed by atoms with van der Waals surface area (Å²) >= 11 is 0. The first-order valence-electron chi connectivity index (χ1n) is 10.4. The Hall–Kier alpha value is -3.30. The summed E-state index contributed by atoms with van der Waals surface area (Å²) in [7, 11) is 0. The van der Waals surface area contributed by atoms with Gasteiger partial charge in [0, 0.05) is 36.8 Å². The molecule has 0 aliphatic heterocycles. The molecule has 2 amide bonds. The van der Waals surface area contributed by atoms with Crippen molar-refractivity contribution in [1.29, 1.82) is 0 Å². The summed E-state index contributed by atoms with van der Waals surface area (Å²) in [5, 5.41) is 5.39. The number of nitrogens with one attached hydrogen (secondary N) is 2. The topological polar surface area (TPSA) is 102 Å². The summed E-state index contributed by atoms with van der Waals surface area (Å²) in [6, 6.07) is 4.68. The van der Waals surface area contributed by atoms with Gasteiger partial charge in [-0.25, -0.2) is 18.7 Å². The minimum absolute atomic E-state index is 0.0314. The number of ether oxygens (including phenoxy) is 2. The largest absolute Gasteiger partial charge is 0.488 e. The third-order valence-corrected chi connectivity index (χ3v) is 4.37. The molecule has 0 saturated carbocycles. The van der Waals surface area contributed by atoms with Crippen LogP contribution in [-0.4, -0.2) is 40.9 Å². The number of anilines is 1. The number of aryl methyl sites for hydroxylation is 1. The van der Waals surface area contributed by atoms with Gasteiger partial charge in [0.15, 0.2) is 12.4 Å². The van der Waals surface area contributed by atoms with Crippen LogP contribution < -0.4 is 20.1 Å². The average Bonchev–Trinajstić information content (AvgIpc) is 2.76. The van der Waals surface area contributed by atoms with Crippen molar-refractivity contribution in [2.24, 2.45) is 0 Å². The third kappa shape index (κ3) is 7.44. The zero-order valence-corrected chi connectivity index (χ0v) is 18.6. The fourth-order valence-electron chi connectivity index (χ4n) is 2.59. The molecule has 0 saturated heterocycles. The molecule has 2 aromatic heterocycles. The molecule has 10 heteroatoms. The van der Waals surface area contributed by atoms with E-state index in [0.717, 1.165) is 0 Å². The predicted octanol–water partition coefficient (Wildman–Crippen LogP) is 3.89. The Bertz CT molecular complexity index is 954. The number of aromatic nitrogens is 2. The molecule has 174 valence electrons. The molecule has 0 unspecified atom stereocenters. The van der Waals surface area contributed by atoms with E-state index in [4.69, 9.17) is 9.47 Å². The highest BCUT2D eigenvalue weighted by atomic mass is 19.3. The molecule has 8 nitrogen and oxygen atoms in total. The van der Waals surface area contributed by atoms with E-state index in [1.165, 1.54) is 19.2 Å². The van der Waals surface area contributed by atoms with E-state index in [1.807, 2.05) is 0 Å². The van der Waals surface area contributed by atoms with Crippen LogP contribution in [0.2, 0.25) is 0 Å². The van der Waals surface area contributed by atoms with Gasteiger partial charge in [0.25, 0.3) is 17.7 Å². The Balaban J connectivity index is 2.09. The van der Waals surface area contributed by atoms with Crippen molar-refractivity contribution in [1.82, 2.24) is 15.3 Å². The lowest BCUT2D eigenvalue weighted by molar-refractivity contribution is -0.115. The normalized spacial score (nSPS) is 11.1. The number of carbonyl (C=O) groups excluding carboxylic acids is 2. The fourth-order valence-corrected chi connectivity index (χ4v) is 2.59. The van der Waals surface area contributed by atoms with Crippen LogP contribution >= 0.6 is 0 Å². The number of alkyl halides is 2. The van der Waals surface area contributed by atoms with E-state index in [1.54, 1.807) is 32.9 Å². The Kier molecular flexibility index (Phi) is 8.86. The summed E-state index contributed by atoms with van der Waals surface area (Å²) in [6.45, 7) is 6.17. The molecule has 0 fully saturated rings. The first-order chi connectivity index (χ1) is 15.2. The number of carbonyl (C=O) groups is 2. The molecule has 2 N–H and O–H groups in total. The minimum atomic E-state index is -2.96. The van der Waals surface area contributed by atoms with Gasteiger partial charge in [-0.3, -0.25) is 9.59 Å². The zero-order valence-electron chi connectivity index (χ0n) is 18.6. The Labute approximate surface area is 185 Å². The van der Waals surface area contributed by atoms with Gasteiger partial charge in [0.05, 0.1) is 6.61 Å². The fraction of sp³-hybridized carbons (Fsp3) is 0.455. The Morgan fingerprint density at radius 3 is 2.53 bits per heavy atom. The van der Waals surface area contributed by atoms with E-state index < -0.39 is 12.5 Å². The molecule has 0 atom stereocenters. The van der Waals surface area contributed by atoms with Crippen molar-refractivity contribution < 1.29 is 27.8 Å². The van der Waals surface area contributed by atoms with Crippen LogP contribution in [0.4, 0.5) is 14.6 Å². The van der Waals surface area contributed by atoms with Gasteiger partial charge >= 0.3 is 0 Å². The molecule has 0 aliphatic carbocycles. The van der Waals surface area contributed by atoms with Crippen LogP contribution in [0.5, 0.6) is 11.6 Å². The third-order valence-electron chi connectivity index (χ3n) is 4.37. The number of halogens is 2. The van der Waals surface area contributed by atoms with E-state index in [2.05, 4.69) is 20.6 Å². The highest BCUT2D eigenvalue weighted by molar-refractivity contribution is 5.96. The maximum absolute atomic E-state index is 13.5. The van der Waals surface area contributed by atoms with Crippen molar-refractivity contribution in [2.45, 2.75) is 53.0 Å². The predicted molar refractivity (Wildman–Crippen MR) is 115 cm³/mol. The lowest BCUT2D eigenvalue weighted by Gasteiger charge is -2.17. The highest BCUT2D eigenvalue weighted by Gasteiger charge is 2.28. The smallest absolute Gasteiger partial charge is 0.281 e. The lowest BCUT2D eigenvalue weighted by Crippen LogP contribution is -2.25. The van der Waals surface area contributed by atoms with Gasteiger partial charge in [-0.15, -0.1) is 0 Å². The molecule has 0 bridgehead atoms. The van der Waals surface area contributed by atoms with E-state index in [0.29, 0.717) is 35.7 Å². The quantitative estimate of drug-likeness (QED) is 0.539. The van der Waals surface area contributed by atoms with E-state index in [-0.39, 0.29) is 36.4 Å². The second kappa shape index (κ2) is 11.4. The minimum Gasteiger partial charge on any atom is -0.488 e. The van der Waals surface area contributed by atoms with Gasteiger partial charge in [-0.1, -0.05) is 13.8 Å². The van der Waals surface area contributed by atoms with Crippen LogP contribution in [0.15, 0.2) is 24.4 Å². The van der Waals surface area contributed by atoms with E-state index >= 15 is 0 Å². The number of rotatable bonds is 11. The van der Waals surface area contributed by atoms with Gasteiger partial charge in [-0.2, -0.15) is 0 Å². The van der Waals surface area contributed by atoms with Gasteiger partial charge in [-0.05, 0) is 37.6 Å². The molecule has 0 spiro atoms. The van der Waals surface area contributed by atoms with Crippen LogP contribution in [0.25, 0.3) is 0 Å². The summed E-state index contributed by atoms with van der Waals surface area (Å²) in [5.41, 5.74) is 1.51. The Morgan fingerprint density at radius 1 is 1.12 bits per heavy atom. The van der Waals surface area contributed by atoms with Crippen molar-refractivity contribution in [3.8, 4) is 11.6 Å². The lowest BCUT2D eigenvalue weighted by atomic mass is 10.2. The molecule has 2 aromatic rings. The van der Waals surface area contributed by atoms with Crippen molar-refractivity contribution in [2.75, 3.05) is 18.5 Å². The monoisotopic (exact) mass is 450 g/mol. The molecular formula is C22H28F2N4O4. The number of hydrogen-bond acceptors (Lipinski definition) is 6. The summed E-state index contributed by atoms with van der Waals surface area (Å²) in [5.74, 6) is -3.05. The molecular weight excluding hydrogens is 422 g/mol. The molecule has 2 heterocycles. The summed E-state index contributed by atoms with van der Waals surface area (Å²) < 4.78 is 37.6. The molecule has 32 heavy (non-hydrogen) atoms. The molecule has 2 rings (SSSR count). The number of hydrogen-bond donors (Lipinski definition) is 2. The van der Waals surface area contributed by atoms with E-state index in [9.17, 15) is 18.4 Å². The molecule has 0 aromatic carbocycles. The maximum Gasteiger partial charge on any atom is 0.281 e. The zero-order chi connectivity index (χ0) is 23.7. The number of amides is 2. The first-order valence-corrected chi connectivity index (χ1v) is 10.4. The van der Waals surface area contributed by atoms with Gasteiger partial charge in [0.1, 0.15) is 5.82 Å². The van der Waals surface area contributed by atoms with Gasteiger partial charge in [0.2, 0.25) is 5.91 Å². The van der Waals surface area contributed by atoms with Crippen molar-refractivity contribution in [3.05, 3.63) is 41.2 Å². The first kappa shape index (κ1) is 25.0. The standard InChI is InChI=1S/C22H28F2N4O4/c1-5-19(29)28-18-10-16(8-14(4)27-18)20(30)25-11-15-9-17(31-7-3)21(26-12-15)32-13-22(23,24)6-2/h8-10,12H,5-7,11,13H2,1-4H3,(H,25,30)(H,27,28,29). The average molecular weight is 450 g/mol. The van der Waals surface area contributed by atoms with Crippen LogP contribution in [0.1, 0.15) is 55.2 Å². The summed E-state index contributed by atoms with van der Waals surface area (Å²) in [4.78, 5) is 32.4. The second-order valence-electron chi connectivity index (χ2n) is 7.04. The summed E-state index contributed by atoms with van der Waals surface area (Å²) in [6.07, 6.45) is 1.37. The van der Waals surface area contributed by atoms with Crippen LogP contribution in [0.3, 0.4) is 0 Å². The van der Waals surface area contributed by atoms with Crippen molar-refractivity contribution >= 4 is 17.6 Å². The van der Waals surface area contributed by atoms with Crippen molar-refractivity contribution in [3.63, 3.8) is 0 Å². The SMILES string of the molecule is CCOc1cc(CNC(=O)c2cc(C)nc(NC(=O)CC)c2)cnc1OCC(F)(F)CC. The number of nitrogens with zero attached hydrogens (tertiary/aromatic N) is 2. The van der Waals surface area contributed by atoms with Gasteiger partial charge < -0.3 is 20.1 Å². The number of pyridine rings is 2. The molecule has 0 aliphatic rings. The Morgan fingerprint density at radius 2 is 1.88 bits per heavy atom. The maximum atomic E-state index is 13.5. The van der Waals surface area contributed by atoms with Crippen LogP contribution in [-0.2, 0) is 11.3 Å². The highest BCUT2D eigenvalue weighted by Crippen LogP contribution is 2.28. The molecule has 0 radical (unpaired) electrons. The van der Waals surface area contributed by atoms with Crippen LogP contribution in [0, 0.1) is 6.92 Å². The second-order valence-corrected chi connectivity index (χ2v) is 7.04.